The fourth-order valence-electron chi connectivity index (χ4n) is 1.59. The highest BCUT2D eigenvalue weighted by atomic mass is 19.1. The Morgan fingerprint density at radius 2 is 2.12 bits per heavy atom. The third-order valence-electron chi connectivity index (χ3n) is 2.90. The smallest absolute Gasteiger partial charge is 0.423 e. The number of hydrogen-bond acceptors (Lipinski definition) is 3. The van der Waals surface area contributed by atoms with E-state index in [-0.39, 0.29) is 18.2 Å². The summed E-state index contributed by atoms with van der Waals surface area (Å²) in [6.07, 6.45) is 3.55. The van der Waals surface area contributed by atoms with E-state index < -0.39 is 12.9 Å². The second-order valence-electron chi connectivity index (χ2n) is 4.09. The van der Waals surface area contributed by atoms with Crippen LogP contribution in [0.1, 0.15) is 24.8 Å². The first kappa shape index (κ1) is 11.6. The molecule has 86 valence electrons. The summed E-state index contributed by atoms with van der Waals surface area (Å²) in [5.74, 6) is -0.454. The highest BCUT2D eigenvalue weighted by Crippen LogP contribution is 2.23. The van der Waals surface area contributed by atoms with Crippen molar-refractivity contribution in [1.82, 2.24) is 0 Å². The van der Waals surface area contributed by atoms with Crippen molar-refractivity contribution in [3.63, 3.8) is 0 Å². The van der Waals surface area contributed by atoms with E-state index in [0.29, 0.717) is 5.56 Å². The van der Waals surface area contributed by atoms with Crippen molar-refractivity contribution in [3.8, 4) is 0 Å². The van der Waals surface area contributed by atoms with Gasteiger partial charge in [-0.15, -0.1) is 0 Å². The lowest BCUT2D eigenvalue weighted by molar-refractivity contribution is -0.00975. The van der Waals surface area contributed by atoms with Crippen molar-refractivity contribution in [2.75, 3.05) is 0 Å². The minimum Gasteiger partial charge on any atom is -0.423 e. The summed E-state index contributed by atoms with van der Waals surface area (Å²) in [4.78, 5) is 0. The second kappa shape index (κ2) is 4.95. The molecule has 3 nitrogen and oxygen atoms in total. The van der Waals surface area contributed by atoms with Gasteiger partial charge in [0, 0.05) is 5.56 Å². The maximum atomic E-state index is 13.5. The average molecular weight is 224 g/mol. The lowest BCUT2D eigenvalue weighted by Gasteiger charge is -2.25. The van der Waals surface area contributed by atoms with Gasteiger partial charge in [0.05, 0.1) is 12.7 Å². The second-order valence-corrected chi connectivity index (χ2v) is 4.09. The van der Waals surface area contributed by atoms with E-state index >= 15 is 0 Å². The van der Waals surface area contributed by atoms with Gasteiger partial charge in [-0.25, -0.2) is 4.39 Å². The van der Waals surface area contributed by atoms with E-state index in [0.717, 1.165) is 18.9 Å². The molecule has 0 saturated heterocycles. The van der Waals surface area contributed by atoms with E-state index in [2.05, 4.69) is 0 Å². The van der Waals surface area contributed by atoms with Gasteiger partial charge >= 0.3 is 7.12 Å². The van der Waals surface area contributed by atoms with Gasteiger partial charge < -0.3 is 14.8 Å². The Bertz CT molecular complexity index is 366. The summed E-state index contributed by atoms with van der Waals surface area (Å²) in [5.41, 5.74) is 0.612. The number of ether oxygens (including phenoxy) is 1. The molecule has 0 spiro atoms. The Kier molecular flexibility index (Phi) is 3.58. The van der Waals surface area contributed by atoms with Crippen LogP contribution in [-0.2, 0) is 11.3 Å². The van der Waals surface area contributed by atoms with Gasteiger partial charge in [-0.1, -0.05) is 12.1 Å². The monoisotopic (exact) mass is 224 g/mol. The average Bonchev–Trinajstić information content (AvgIpc) is 2.17. The molecule has 0 amide bonds. The molecule has 0 bridgehead atoms. The summed E-state index contributed by atoms with van der Waals surface area (Å²) < 4.78 is 19.0. The quantitative estimate of drug-likeness (QED) is 0.735. The van der Waals surface area contributed by atoms with Gasteiger partial charge in [-0.3, -0.25) is 0 Å². The molecule has 0 unspecified atom stereocenters. The molecule has 16 heavy (non-hydrogen) atoms. The third-order valence-corrected chi connectivity index (χ3v) is 2.90. The van der Waals surface area contributed by atoms with Crippen LogP contribution in [0.25, 0.3) is 0 Å². The number of rotatable bonds is 4. The van der Waals surface area contributed by atoms with E-state index in [1.807, 2.05) is 0 Å². The highest BCUT2D eigenvalue weighted by Gasteiger charge is 2.19. The van der Waals surface area contributed by atoms with Crippen molar-refractivity contribution in [2.45, 2.75) is 32.0 Å². The van der Waals surface area contributed by atoms with Crippen molar-refractivity contribution in [1.29, 1.82) is 0 Å². The van der Waals surface area contributed by atoms with Crippen LogP contribution in [0.3, 0.4) is 0 Å². The maximum Gasteiger partial charge on any atom is 0.488 e. The lowest BCUT2D eigenvalue weighted by Crippen LogP contribution is -2.30. The molecule has 0 radical (unpaired) electrons. The van der Waals surface area contributed by atoms with Gasteiger partial charge in [0.25, 0.3) is 0 Å². The molecule has 1 aromatic carbocycles. The molecule has 0 atom stereocenters. The zero-order valence-corrected chi connectivity index (χ0v) is 8.90. The van der Waals surface area contributed by atoms with Gasteiger partial charge in [0.15, 0.2) is 0 Å². The zero-order chi connectivity index (χ0) is 11.5. The number of benzene rings is 1. The van der Waals surface area contributed by atoms with Crippen LogP contribution in [-0.4, -0.2) is 23.3 Å². The minimum absolute atomic E-state index is 0.157. The first-order valence-electron chi connectivity index (χ1n) is 5.43. The SMILES string of the molecule is OB(O)c1ccc(COC2CCC2)c(F)c1. The Hall–Kier alpha value is -0.905. The van der Waals surface area contributed by atoms with Crippen LogP contribution < -0.4 is 5.46 Å². The Morgan fingerprint density at radius 1 is 1.38 bits per heavy atom. The van der Waals surface area contributed by atoms with Crippen molar-refractivity contribution in [2.24, 2.45) is 0 Å². The number of halogens is 1. The van der Waals surface area contributed by atoms with Gasteiger partial charge in [0.1, 0.15) is 5.82 Å². The summed E-state index contributed by atoms with van der Waals surface area (Å²) >= 11 is 0. The molecule has 1 aromatic rings. The molecular formula is C11H14BFO3. The first-order valence-corrected chi connectivity index (χ1v) is 5.43. The molecule has 0 aliphatic heterocycles. The molecule has 5 heteroatoms. The first-order chi connectivity index (χ1) is 7.66. The topological polar surface area (TPSA) is 49.7 Å². The summed E-state index contributed by atoms with van der Waals surface area (Å²) in [6, 6.07) is 4.15. The molecular weight excluding hydrogens is 210 g/mol. The maximum absolute atomic E-state index is 13.5. The molecule has 2 N–H and O–H groups in total. The zero-order valence-electron chi connectivity index (χ0n) is 8.90. The van der Waals surface area contributed by atoms with Crippen LogP contribution in [0.5, 0.6) is 0 Å². The predicted octanol–water partition coefficient (Wildman–Crippen LogP) is 0.575. The molecule has 0 aromatic heterocycles. The van der Waals surface area contributed by atoms with Gasteiger partial charge in [-0.05, 0) is 30.8 Å². The standard InChI is InChI=1S/C11H14BFO3/c13-11-6-9(12(14)15)5-4-8(11)7-16-10-2-1-3-10/h4-6,10,14-15H,1-3,7H2. The fourth-order valence-corrected chi connectivity index (χ4v) is 1.59. The van der Waals surface area contributed by atoms with Crippen LogP contribution >= 0.6 is 0 Å². The van der Waals surface area contributed by atoms with E-state index in [4.69, 9.17) is 14.8 Å². The van der Waals surface area contributed by atoms with Crippen molar-refractivity contribution in [3.05, 3.63) is 29.6 Å². The van der Waals surface area contributed by atoms with Gasteiger partial charge in [-0.2, -0.15) is 0 Å². The summed E-state index contributed by atoms with van der Waals surface area (Å²) in [5, 5.41) is 17.7. The fraction of sp³-hybridized carbons (Fsp3) is 0.455. The van der Waals surface area contributed by atoms with Crippen LogP contribution in [0.2, 0.25) is 0 Å². The normalized spacial score (nSPS) is 15.9. The molecule has 1 fully saturated rings. The Morgan fingerprint density at radius 3 is 2.62 bits per heavy atom. The molecule has 1 aliphatic carbocycles. The highest BCUT2D eigenvalue weighted by molar-refractivity contribution is 6.58. The van der Waals surface area contributed by atoms with Crippen LogP contribution in [0.4, 0.5) is 4.39 Å². The lowest BCUT2D eigenvalue weighted by atomic mass is 9.80. The minimum atomic E-state index is -1.63. The van der Waals surface area contributed by atoms with E-state index in [1.54, 1.807) is 0 Å². The molecule has 1 saturated carbocycles. The Balaban J connectivity index is 1.98. The summed E-state index contributed by atoms with van der Waals surface area (Å²) in [6.45, 7) is 0.248. The Labute approximate surface area is 94.0 Å². The van der Waals surface area contributed by atoms with Crippen molar-refractivity contribution < 1.29 is 19.2 Å². The predicted molar refractivity (Wildman–Crippen MR) is 58.7 cm³/mol. The van der Waals surface area contributed by atoms with Crippen molar-refractivity contribution >= 4 is 12.6 Å². The largest absolute Gasteiger partial charge is 0.488 e. The third kappa shape index (κ3) is 2.61. The molecule has 2 rings (SSSR count). The van der Waals surface area contributed by atoms with E-state index in [1.165, 1.54) is 18.6 Å². The summed E-state index contributed by atoms with van der Waals surface area (Å²) in [7, 11) is -1.63. The van der Waals surface area contributed by atoms with Crippen LogP contribution in [0.15, 0.2) is 18.2 Å². The molecule has 1 aliphatic rings. The molecule has 0 heterocycles. The number of hydrogen-bond donors (Lipinski definition) is 2. The van der Waals surface area contributed by atoms with Crippen LogP contribution in [0, 0.1) is 5.82 Å². The van der Waals surface area contributed by atoms with E-state index in [9.17, 15) is 4.39 Å². The van der Waals surface area contributed by atoms with Gasteiger partial charge in [0.2, 0.25) is 0 Å².